The van der Waals surface area contributed by atoms with Gasteiger partial charge in [0, 0.05) is 18.7 Å². The molecule has 0 bridgehead atoms. The van der Waals surface area contributed by atoms with Crippen LogP contribution in [0.25, 0.3) is 0 Å². The van der Waals surface area contributed by atoms with Gasteiger partial charge in [-0.05, 0) is 32.7 Å². The van der Waals surface area contributed by atoms with E-state index >= 15 is 0 Å². The number of piperidine rings is 1. The van der Waals surface area contributed by atoms with E-state index in [9.17, 15) is 4.79 Å². The fourth-order valence-corrected chi connectivity index (χ4v) is 2.32. The molecule has 3 unspecified atom stereocenters. The van der Waals surface area contributed by atoms with Crippen LogP contribution < -0.4 is 10.6 Å². The second kappa shape index (κ2) is 4.94. The molecule has 2 aliphatic rings. The van der Waals surface area contributed by atoms with Gasteiger partial charge in [-0.1, -0.05) is 0 Å². The molecule has 2 rings (SSSR count). The van der Waals surface area contributed by atoms with Crippen LogP contribution in [0.1, 0.15) is 26.2 Å². The average Bonchev–Trinajstić information content (AvgIpc) is 2.70. The van der Waals surface area contributed by atoms with Crippen LogP contribution in [0.5, 0.6) is 0 Å². The van der Waals surface area contributed by atoms with E-state index in [0.29, 0.717) is 18.7 Å². The number of rotatable bonds is 2. The minimum Gasteiger partial charge on any atom is -0.381 e. The van der Waals surface area contributed by atoms with Crippen LogP contribution in [0.15, 0.2) is 0 Å². The number of hydrogen-bond donors (Lipinski definition) is 2. The van der Waals surface area contributed by atoms with E-state index in [1.54, 1.807) is 0 Å². The summed E-state index contributed by atoms with van der Waals surface area (Å²) in [6.45, 7) is 4.51. The predicted octanol–water partition coefficient (Wildman–Crippen LogP) is 0.280. The Labute approximate surface area is 90.8 Å². The zero-order chi connectivity index (χ0) is 10.7. The Bertz CT molecular complexity index is 227. The van der Waals surface area contributed by atoms with Crippen molar-refractivity contribution < 1.29 is 9.53 Å². The third kappa shape index (κ3) is 2.92. The lowest BCUT2D eigenvalue weighted by Gasteiger charge is -2.29. The first-order chi connectivity index (χ1) is 7.25. The SMILES string of the molecule is CC1CC(NC(=O)C2CCOC2)CCN1. The van der Waals surface area contributed by atoms with Crippen molar-refractivity contribution in [3.63, 3.8) is 0 Å². The van der Waals surface area contributed by atoms with E-state index in [4.69, 9.17) is 4.74 Å². The summed E-state index contributed by atoms with van der Waals surface area (Å²) in [7, 11) is 0. The standard InChI is InChI=1S/C11H20N2O2/c1-8-6-10(2-4-12-8)13-11(14)9-3-5-15-7-9/h8-10,12H,2-7H2,1H3,(H,13,14). The van der Waals surface area contributed by atoms with Crippen molar-refractivity contribution in [2.75, 3.05) is 19.8 Å². The summed E-state index contributed by atoms with van der Waals surface area (Å²) in [5.41, 5.74) is 0. The average molecular weight is 212 g/mol. The fraction of sp³-hybridized carbons (Fsp3) is 0.909. The normalized spacial score (nSPS) is 36.5. The monoisotopic (exact) mass is 212 g/mol. The molecule has 2 aliphatic heterocycles. The molecule has 0 spiro atoms. The Morgan fingerprint density at radius 3 is 3.00 bits per heavy atom. The Balaban J connectivity index is 1.77. The second-order valence-electron chi connectivity index (χ2n) is 4.65. The van der Waals surface area contributed by atoms with E-state index in [1.807, 2.05) is 0 Å². The van der Waals surface area contributed by atoms with Crippen molar-refractivity contribution in [2.24, 2.45) is 5.92 Å². The first kappa shape index (κ1) is 10.9. The largest absolute Gasteiger partial charge is 0.381 e. The molecule has 0 aromatic rings. The molecule has 4 nitrogen and oxygen atoms in total. The third-order valence-electron chi connectivity index (χ3n) is 3.27. The summed E-state index contributed by atoms with van der Waals surface area (Å²) < 4.78 is 5.22. The Morgan fingerprint density at radius 1 is 1.47 bits per heavy atom. The zero-order valence-corrected chi connectivity index (χ0v) is 9.29. The van der Waals surface area contributed by atoms with Crippen molar-refractivity contribution in [3.05, 3.63) is 0 Å². The summed E-state index contributed by atoms with van der Waals surface area (Å²) >= 11 is 0. The molecular formula is C11H20N2O2. The number of carbonyl (C=O) groups is 1. The van der Waals surface area contributed by atoms with Gasteiger partial charge in [0.15, 0.2) is 0 Å². The van der Waals surface area contributed by atoms with Gasteiger partial charge < -0.3 is 15.4 Å². The maximum Gasteiger partial charge on any atom is 0.225 e. The molecule has 2 fully saturated rings. The van der Waals surface area contributed by atoms with Crippen LogP contribution in [0.4, 0.5) is 0 Å². The zero-order valence-electron chi connectivity index (χ0n) is 9.29. The molecular weight excluding hydrogens is 192 g/mol. The number of amides is 1. The lowest BCUT2D eigenvalue weighted by Crippen LogP contribution is -2.48. The van der Waals surface area contributed by atoms with Crippen LogP contribution in [0.3, 0.4) is 0 Å². The molecule has 0 aromatic heterocycles. The number of nitrogens with one attached hydrogen (secondary N) is 2. The molecule has 3 atom stereocenters. The van der Waals surface area contributed by atoms with Crippen LogP contribution in [-0.4, -0.2) is 37.7 Å². The summed E-state index contributed by atoms with van der Waals surface area (Å²) in [5.74, 6) is 0.279. The molecule has 15 heavy (non-hydrogen) atoms. The topological polar surface area (TPSA) is 50.4 Å². The lowest BCUT2D eigenvalue weighted by atomic mass is 9.99. The quantitative estimate of drug-likeness (QED) is 0.691. The van der Waals surface area contributed by atoms with E-state index in [-0.39, 0.29) is 11.8 Å². The lowest BCUT2D eigenvalue weighted by molar-refractivity contribution is -0.125. The smallest absolute Gasteiger partial charge is 0.225 e. The van der Waals surface area contributed by atoms with Gasteiger partial charge in [0.1, 0.15) is 0 Å². The maximum atomic E-state index is 11.8. The van der Waals surface area contributed by atoms with Crippen molar-refractivity contribution in [3.8, 4) is 0 Å². The van der Waals surface area contributed by atoms with Crippen LogP contribution in [0, 0.1) is 5.92 Å². The Kier molecular flexibility index (Phi) is 3.59. The van der Waals surface area contributed by atoms with Gasteiger partial charge in [-0.15, -0.1) is 0 Å². The molecule has 4 heteroatoms. The highest BCUT2D eigenvalue weighted by atomic mass is 16.5. The van der Waals surface area contributed by atoms with Gasteiger partial charge >= 0.3 is 0 Å². The van der Waals surface area contributed by atoms with Gasteiger partial charge in [-0.2, -0.15) is 0 Å². The van der Waals surface area contributed by atoms with E-state index in [1.165, 1.54) is 0 Å². The molecule has 2 N–H and O–H groups in total. The molecule has 2 heterocycles. The number of carbonyl (C=O) groups excluding carboxylic acids is 1. The molecule has 0 saturated carbocycles. The van der Waals surface area contributed by atoms with E-state index in [2.05, 4.69) is 17.6 Å². The second-order valence-corrected chi connectivity index (χ2v) is 4.65. The number of hydrogen-bond acceptors (Lipinski definition) is 3. The van der Waals surface area contributed by atoms with Gasteiger partial charge in [0.25, 0.3) is 0 Å². The summed E-state index contributed by atoms with van der Waals surface area (Å²) in [6.07, 6.45) is 2.97. The third-order valence-corrected chi connectivity index (χ3v) is 3.27. The number of ether oxygens (including phenoxy) is 1. The highest BCUT2D eigenvalue weighted by molar-refractivity contribution is 5.79. The van der Waals surface area contributed by atoms with Crippen molar-refractivity contribution in [2.45, 2.75) is 38.3 Å². The summed E-state index contributed by atoms with van der Waals surface area (Å²) in [6, 6.07) is 0.873. The summed E-state index contributed by atoms with van der Waals surface area (Å²) in [5, 5.41) is 6.51. The summed E-state index contributed by atoms with van der Waals surface area (Å²) in [4.78, 5) is 11.8. The molecule has 86 valence electrons. The van der Waals surface area contributed by atoms with E-state index < -0.39 is 0 Å². The first-order valence-electron chi connectivity index (χ1n) is 5.87. The van der Waals surface area contributed by atoms with Crippen LogP contribution in [0.2, 0.25) is 0 Å². The van der Waals surface area contributed by atoms with E-state index in [0.717, 1.165) is 32.4 Å². The van der Waals surface area contributed by atoms with Gasteiger partial charge in [0.2, 0.25) is 5.91 Å². The minimum atomic E-state index is 0.0928. The fourth-order valence-electron chi connectivity index (χ4n) is 2.32. The van der Waals surface area contributed by atoms with Crippen molar-refractivity contribution >= 4 is 5.91 Å². The molecule has 1 amide bonds. The maximum absolute atomic E-state index is 11.8. The van der Waals surface area contributed by atoms with Crippen molar-refractivity contribution in [1.82, 2.24) is 10.6 Å². The first-order valence-corrected chi connectivity index (χ1v) is 5.87. The highest BCUT2D eigenvalue weighted by Crippen LogP contribution is 2.14. The van der Waals surface area contributed by atoms with Crippen LogP contribution in [-0.2, 0) is 9.53 Å². The predicted molar refractivity (Wildman–Crippen MR) is 57.6 cm³/mol. The molecule has 0 radical (unpaired) electrons. The molecule has 0 aromatic carbocycles. The van der Waals surface area contributed by atoms with Crippen LogP contribution >= 0.6 is 0 Å². The molecule has 2 saturated heterocycles. The Hall–Kier alpha value is -0.610. The molecule has 0 aliphatic carbocycles. The van der Waals surface area contributed by atoms with Gasteiger partial charge in [-0.25, -0.2) is 0 Å². The van der Waals surface area contributed by atoms with Gasteiger partial charge in [0.05, 0.1) is 12.5 Å². The minimum absolute atomic E-state index is 0.0928. The Morgan fingerprint density at radius 2 is 2.33 bits per heavy atom. The highest BCUT2D eigenvalue weighted by Gasteiger charge is 2.27. The van der Waals surface area contributed by atoms with Crippen molar-refractivity contribution in [1.29, 1.82) is 0 Å². The van der Waals surface area contributed by atoms with Gasteiger partial charge in [-0.3, -0.25) is 4.79 Å².